The minimum absolute atomic E-state index is 0.145. The number of hydrogen-bond donors (Lipinski definition) is 1. The van der Waals surface area contributed by atoms with Gasteiger partial charge >= 0.3 is 0 Å². The summed E-state index contributed by atoms with van der Waals surface area (Å²) in [6.45, 7) is 3.99. The Labute approximate surface area is 187 Å². The van der Waals surface area contributed by atoms with E-state index in [0.717, 1.165) is 20.5 Å². The number of pyridine rings is 1. The Kier molecular flexibility index (Phi) is 7.70. The summed E-state index contributed by atoms with van der Waals surface area (Å²) in [5.74, 6) is 0.275. The highest BCUT2D eigenvalue weighted by Crippen LogP contribution is 2.25. The molecule has 0 bridgehead atoms. The van der Waals surface area contributed by atoms with Gasteiger partial charge < -0.3 is 5.32 Å². The van der Waals surface area contributed by atoms with Crippen LogP contribution in [-0.4, -0.2) is 38.2 Å². The summed E-state index contributed by atoms with van der Waals surface area (Å²) in [5.41, 5.74) is 2.47. The first-order valence-electron chi connectivity index (χ1n) is 9.83. The topological polar surface area (TPSA) is 79.4 Å². The number of benzene rings is 2. The summed E-state index contributed by atoms with van der Waals surface area (Å²) in [5, 5.41) is 3.68. The van der Waals surface area contributed by atoms with Crippen LogP contribution in [0, 0.1) is 13.8 Å². The Hall–Kier alpha value is -2.84. The molecule has 1 heterocycles. The maximum atomic E-state index is 13.3. The molecule has 3 aromatic rings. The highest BCUT2D eigenvalue weighted by atomic mass is 32.2. The van der Waals surface area contributed by atoms with E-state index in [1.807, 2.05) is 38.1 Å². The van der Waals surface area contributed by atoms with E-state index >= 15 is 0 Å². The Morgan fingerprint density at radius 1 is 1.00 bits per heavy atom. The number of sulfonamides is 1. The number of thioether (sulfide) groups is 1. The molecule has 0 unspecified atom stereocenters. The van der Waals surface area contributed by atoms with E-state index in [1.54, 1.807) is 36.5 Å². The van der Waals surface area contributed by atoms with Crippen LogP contribution in [0.15, 0.2) is 82.8 Å². The number of amides is 1. The average Bonchev–Trinajstić information content (AvgIpc) is 2.78. The number of aryl methyl sites for hydroxylation is 2. The van der Waals surface area contributed by atoms with Crippen LogP contribution in [0.4, 0.5) is 5.69 Å². The number of carbonyl (C=O) groups excluding carboxylic acids is 1. The third-order valence-corrected chi connectivity index (χ3v) is 7.44. The molecule has 8 heteroatoms. The zero-order valence-electron chi connectivity index (χ0n) is 17.5. The predicted octanol–water partition coefficient (Wildman–Crippen LogP) is 3.80. The van der Waals surface area contributed by atoms with Gasteiger partial charge in [0.2, 0.25) is 5.91 Å². The van der Waals surface area contributed by atoms with Crippen molar-refractivity contribution in [1.29, 1.82) is 0 Å². The Bertz CT molecular complexity index is 1120. The van der Waals surface area contributed by atoms with Crippen LogP contribution in [0.1, 0.15) is 11.1 Å². The molecular weight excluding hydrogens is 430 g/mol. The van der Waals surface area contributed by atoms with E-state index in [2.05, 4.69) is 10.3 Å². The van der Waals surface area contributed by atoms with Crippen molar-refractivity contribution in [3.63, 3.8) is 0 Å². The van der Waals surface area contributed by atoms with Crippen LogP contribution in [0.2, 0.25) is 0 Å². The highest BCUT2D eigenvalue weighted by Gasteiger charge is 2.27. The minimum Gasteiger partial charge on any atom is -0.354 e. The molecular formula is C23H25N3O3S2. The maximum Gasteiger partial charge on any atom is 0.264 e. The SMILES string of the molecule is Cc1ccc(N(CC(=O)NCCSc2ccccn2)S(=O)(=O)c2ccccc2)cc1C. The molecule has 3 rings (SSSR count). The molecule has 0 aliphatic heterocycles. The van der Waals surface area contributed by atoms with Crippen LogP contribution in [-0.2, 0) is 14.8 Å². The molecule has 1 aromatic heterocycles. The first-order chi connectivity index (χ1) is 14.9. The second-order valence-corrected chi connectivity index (χ2v) is 9.94. The van der Waals surface area contributed by atoms with Gasteiger partial charge in [0.25, 0.3) is 10.0 Å². The molecule has 1 N–H and O–H groups in total. The number of carbonyl (C=O) groups is 1. The molecule has 0 aliphatic rings. The minimum atomic E-state index is -3.90. The van der Waals surface area contributed by atoms with Crippen molar-refractivity contribution in [2.45, 2.75) is 23.8 Å². The van der Waals surface area contributed by atoms with Crippen molar-refractivity contribution in [3.8, 4) is 0 Å². The van der Waals surface area contributed by atoms with Gasteiger partial charge in [-0.05, 0) is 61.4 Å². The lowest BCUT2D eigenvalue weighted by atomic mass is 10.1. The first kappa shape index (κ1) is 22.8. The smallest absolute Gasteiger partial charge is 0.264 e. The number of rotatable bonds is 9. The lowest BCUT2D eigenvalue weighted by Gasteiger charge is -2.24. The van der Waals surface area contributed by atoms with Gasteiger partial charge in [-0.3, -0.25) is 9.10 Å². The average molecular weight is 456 g/mol. The molecule has 2 aromatic carbocycles. The van der Waals surface area contributed by atoms with Gasteiger partial charge in [-0.25, -0.2) is 13.4 Å². The van der Waals surface area contributed by atoms with Crippen LogP contribution < -0.4 is 9.62 Å². The normalized spacial score (nSPS) is 11.2. The number of hydrogen-bond acceptors (Lipinski definition) is 5. The standard InChI is InChI=1S/C23H25N3O3S2/c1-18-11-12-20(16-19(18)2)26(31(28,29)21-8-4-3-5-9-21)17-22(27)24-14-15-30-23-10-6-7-13-25-23/h3-13,16H,14-15,17H2,1-2H3,(H,24,27). The van der Waals surface area contributed by atoms with E-state index in [-0.39, 0.29) is 17.3 Å². The lowest BCUT2D eigenvalue weighted by Crippen LogP contribution is -2.41. The fourth-order valence-electron chi connectivity index (χ4n) is 2.88. The summed E-state index contributed by atoms with van der Waals surface area (Å²) in [7, 11) is -3.90. The first-order valence-corrected chi connectivity index (χ1v) is 12.3. The lowest BCUT2D eigenvalue weighted by molar-refractivity contribution is -0.119. The molecule has 0 saturated carbocycles. The second-order valence-electron chi connectivity index (χ2n) is 6.96. The van der Waals surface area contributed by atoms with Gasteiger partial charge in [0.05, 0.1) is 15.6 Å². The zero-order valence-corrected chi connectivity index (χ0v) is 19.1. The van der Waals surface area contributed by atoms with E-state index < -0.39 is 10.0 Å². The maximum absolute atomic E-state index is 13.3. The van der Waals surface area contributed by atoms with Crippen LogP contribution in [0.3, 0.4) is 0 Å². The van der Waals surface area contributed by atoms with Gasteiger partial charge in [-0.2, -0.15) is 0 Å². The summed E-state index contributed by atoms with van der Waals surface area (Å²) in [6, 6.07) is 19.2. The van der Waals surface area contributed by atoms with Crippen molar-refractivity contribution in [1.82, 2.24) is 10.3 Å². The molecule has 0 atom stereocenters. The molecule has 162 valence electrons. The van der Waals surface area contributed by atoms with E-state index in [9.17, 15) is 13.2 Å². The van der Waals surface area contributed by atoms with Gasteiger partial charge in [0.1, 0.15) is 6.54 Å². The number of anilines is 1. The molecule has 0 aliphatic carbocycles. The molecule has 31 heavy (non-hydrogen) atoms. The van der Waals surface area contributed by atoms with E-state index in [1.165, 1.54) is 23.9 Å². The summed E-state index contributed by atoms with van der Waals surface area (Å²) in [6.07, 6.45) is 1.72. The molecule has 0 spiro atoms. The van der Waals surface area contributed by atoms with Crippen LogP contribution in [0.25, 0.3) is 0 Å². The summed E-state index contributed by atoms with van der Waals surface area (Å²) in [4.78, 5) is 17.0. The van der Waals surface area contributed by atoms with Gasteiger partial charge in [0.15, 0.2) is 0 Å². The zero-order chi connectivity index (χ0) is 22.3. The Balaban J connectivity index is 1.73. The van der Waals surface area contributed by atoms with E-state index in [0.29, 0.717) is 18.0 Å². The van der Waals surface area contributed by atoms with Crippen molar-refractivity contribution in [2.24, 2.45) is 0 Å². The quantitative estimate of drug-likeness (QED) is 0.392. The molecule has 0 saturated heterocycles. The second kappa shape index (κ2) is 10.5. The summed E-state index contributed by atoms with van der Waals surface area (Å²) >= 11 is 1.53. The van der Waals surface area contributed by atoms with Crippen molar-refractivity contribution in [2.75, 3.05) is 23.1 Å². The molecule has 0 radical (unpaired) electrons. The number of nitrogens with one attached hydrogen (secondary N) is 1. The number of aromatic nitrogens is 1. The van der Waals surface area contributed by atoms with Gasteiger partial charge in [-0.15, -0.1) is 11.8 Å². The van der Waals surface area contributed by atoms with Crippen molar-refractivity contribution < 1.29 is 13.2 Å². The Morgan fingerprint density at radius 2 is 1.74 bits per heavy atom. The van der Waals surface area contributed by atoms with Crippen molar-refractivity contribution >= 4 is 33.4 Å². The molecule has 1 amide bonds. The summed E-state index contributed by atoms with van der Waals surface area (Å²) < 4.78 is 27.8. The fourth-order valence-corrected chi connectivity index (χ4v) is 5.04. The largest absolute Gasteiger partial charge is 0.354 e. The van der Waals surface area contributed by atoms with E-state index in [4.69, 9.17) is 0 Å². The van der Waals surface area contributed by atoms with Crippen LogP contribution >= 0.6 is 11.8 Å². The fraction of sp³-hybridized carbons (Fsp3) is 0.217. The molecule has 0 fully saturated rings. The van der Waals surface area contributed by atoms with Gasteiger partial charge in [0, 0.05) is 18.5 Å². The Morgan fingerprint density at radius 3 is 2.42 bits per heavy atom. The molecule has 6 nitrogen and oxygen atoms in total. The van der Waals surface area contributed by atoms with Crippen molar-refractivity contribution in [3.05, 3.63) is 84.1 Å². The van der Waals surface area contributed by atoms with Gasteiger partial charge in [-0.1, -0.05) is 30.3 Å². The monoisotopic (exact) mass is 455 g/mol. The predicted molar refractivity (Wildman–Crippen MR) is 125 cm³/mol. The number of nitrogens with zero attached hydrogens (tertiary/aromatic N) is 2. The highest BCUT2D eigenvalue weighted by molar-refractivity contribution is 7.99. The third-order valence-electron chi connectivity index (χ3n) is 4.71. The third kappa shape index (κ3) is 6.08. The van der Waals surface area contributed by atoms with Crippen LogP contribution in [0.5, 0.6) is 0 Å².